The first-order valence-corrected chi connectivity index (χ1v) is 7.15. The molecule has 19 heavy (non-hydrogen) atoms. The van der Waals surface area contributed by atoms with Crippen molar-refractivity contribution in [3.63, 3.8) is 0 Å². The third-order valence-electron chi connectivity index (χ3n) is 3.57. The molecule has 1 heterocycles. The fraction of sp³-hybridized carbons (Fsp3) is 0.455. The van der Waals surface area contributed by atoms with E-state index in [4.69, 9.17) is 0 Å². The number of benzene rings is 1. The molecule has 2 aliphatic rings. The summed E-state index contributed by atoms with van der Waals surface area (Å²) in [7, 11) is -3.99. The molecular weight excluding hydrogens is 298 g/mol. The first-order chi connectivity index (χ1) is 8.49. The molecule has 0 amide bonds. The molecule has 3 rings (SSSR count). The highest BCUT2D eigenvalue weighted by atomic mass is 35.5. The van der Waals surface area contributed by atoms with E-state index in [-0.39, 0.29) is 30.3 Å². The molecule has 2 unspecified atom stereocenters. The van der Waals surface area contributed by atoms with Gasteiger partial charge in [-0.05, 0) is 43.1 Å². The maximum atomic E-state index is 13.4. The summed E-state index contributed by atoms with van der Waals surface area (Å²) < 4.78 is 52.8. The Hall–Kier alpha value is -0.760. The van der Waals surface area contributed by atoms with Crippen LogP contribution in [0.25, 0.3) is 0 Å². The van der Waals surface area contributed by atoms with E-state index in [1.807, 2.05) is 0 Å². The van der Waals surface area contributed by atoms with Crippen LogP contribution in [-0.4, -0.2) is 27.5 Å². The maximum Gasteiger partial charge on any atom is 0.243 e. The molecule has 0 aromatic heterocycles. The number of piperidine rings is 1. The molecule has 0 radical (unpaired) electrons. The Morgan fingerprint density at radius 1 is 1.21 bits per heavy atom. The van der Waals surface area contributed by atoms with Crippen LogP contribution in [0.4, 0.5) is 8.78 Å². The Bertz CT molecular complexity index is 586. The first kappa shape index (κ1) is 14.6. The summed E-state index contributed by atoms with van der Waals surface area (Å²) in [6.45, 7) is 1.53. The minimum Gasteiger partial charge on any atom is -0.316 e. The molecule has 2 N–H and O–H groups in total. The topological polar surface area (TPSA) is 58.2 Å². The Morgan fingerprint density at radius 2 is 1.84 bits per heavy atom. The van der Waals surface area contributed by atoms with Crippen molar-refractivity contribution in [3.8, 4) is 0 Å². The number of rotatable bonds is 3. The van der Waals surface area contributed by atoms with Gasteiger partial charge in [0.1, 0.15) is 16.5 Å². The molecule has 1 saturated heterocycles. The van der Waals surface area contributed by atoms with Gasteiger partial charge in [-0.3, -0.25) is 0 Å². The van der Waals surface area contributed by atoms with Crippen LogP contribution < -0.4 is 10.0 Å². The van der Waals surface area contributed by atoms with E-state index in [0.717, 1.165) is 25.2 Å². The third kappa shape index (κ3) is 2.60. The third-order valence-corrected chi connectivity index (χ3v) is 5.04. The molecule has 2 atom stereocenters. The van der Waals surface area contributed by atoms with Gasteiger partial charge in [0.05, 0.1) is 0 Å². The summed E-state index contributed by atoms with van der Waals surface area (Å²) in [6, 6.07) is 2.26. The van der Waals surface area contributed by atoms with E-state index in [2.05, 4.69) is 10.0 Å². The largest absolute Gasteiger partial charge is 0.316 e. The van der Waals surface area contributed by atoms with Gasteiger partial charge in [0.25, 0.3) is 0 Å². The predicted octanol–water partition coefficient (Wildman–Crippen LogP) is 0.883. The monoisotopic (exact) mass is 310 g/mol. The summed E-state index contributed by atoms with van der Waals surface area (Å²) in [5, 5.41) is 3.13. The fourth-order valence-electron chi connectivity index (χ4n) is 2.52. The lowest BCUT2D eigenvalue weighted by Gasteiger charge is -2.09. The Balaban J connectivity index is 0.00000133. The van der Waals surface area contributed by atoms with Crippen molar-refractivity contribution < 1.29 is 17.2 Å². The summed E-state index contributed by atoms with van der Waals surface area (Å²) in [5.41, 5.74) is 0. The van der Waals surface area contributed by atoms with E-state index in [1.165, 1.54) is 0 Å². The molecular formula is C11H13ClF2N2O2S. The highest BCUT2D eigenvalue weighted by Gasteiger charge is 2.54. The van der Waals surface area contributed by atoms with Gasteiger partial charge < -0.3 is 5.32 Å². The van der Waals surface area contributed by atoms with E-state index < -0.39 is 26.6 Å². The van der Waals surface area contributed by atoms with Crippen molar-refractivity contribution in [1.82, 2.24) is 10.0 Å². The van der Waals surface area contributed by atoms with Crippen molar-refractivity contribution >= 4 is 22.4 Å². The summed E-state index contributed by atoms with van der Waals surface area (Å²) in [4.78, 5) is -0.625. The number of halogens is 3. The van der Waals surface area contributed by atoms with Gasteiger partial charge in [-0.2, -0.15) is 0 Å². The first-order valence-electron chi connectivity index (χ1n) is 5.67. The minimum absolute atomic E-state index is 0. The standard InChI is InChI=1S/C11H12F2N2O2S.ClH/c12-6-1-2-9(13)10(3-6)18(16,17)15-11-7-4-14-5-8(7)11;/h1-3,7-8,11,14-15H,4-5H2;1H. The highest BCUT2D eigenvalue weighted by molar-refractivity contribution is 7.89. The Kier molecular flexibility index (Phi) is 3.83. The second-order valence-corrected chi connectivity index (χ2v) is 6.39. The molecule has 0 bridgehead atoms. The van der Waals surface area contributed by atoms with Crippen molar-refractivity contribution in [1.29, 1.82) is 0 Å². The van der Waals surface area contributed by atoms with Crippen molar-refractivity contribution in [3.05, 3.63) is 29.8 Å². The van der Waals surface area contributed by atoms with E-state index in [1.54, 1.807) is 0 Å². The van der Waals surface area contributed by atoms with Gasteiger partial charge in [-0.15, -0.1) is 12.4 Å². The zero-order valence-electron chi connectivity index (χ0n) is 9.77. The average Bonchev–Trinajstić information content (AvgIpc) is 2.77. The van der Waals surface area contributed by atoms with Crippen LogP contribution >= 0.6 is 12.4 Å². The number of nitrogens with one attached hydrogen (secondary N) is 2. The summed E-state index contributed by atoms with van der Waals surface area (Å²) >= 11 is 0. The minimum atomic E-state index is -3.99. The second kappa shape index (κ2) is 4.97. The molecule has 2 fully saturated rings. The van der Waals surface area contributed by atoms with E-state index >= 15 is 0 Å². The maximum absolute atomic E-state index is 13.4. The van der Waals surface area contributed by atoms with Gasteiger partial charge in [-0.25, -0.2) is 21.9 Å². The number of hydrogen-bond donors (Lipinski definition) is 2. The SMILES string of the molecule is Cl.O=S(=O)(NC1C2CNCC21)c1cc(F)ccc1F. The van der Waals surface area contributed by atoms with Crippen LogP contribution in [0.3, 0.4) is 0 Å². The molecule has 4 nitrogen and oxygen atoms in total. The zero-order valence-corrected chi connectivity index (χ0v) is 11.4. The molecule has 8 heteroatoms. The molecule has 1 aromatic carbocycles. The van der Waals surface area contributed by atoms with Gasteiger partial charge in [0.2, 0.25) is 10.0 Å². The predicted molar refractivity (Wildman–Crippen MR) is 67.6 cm³/mol. The number of sulfonamides is 1. The molecule has 1 aliphatic heterocycles. The van der Waals surface area contributed by atoms with Crippen LogP contribution in [-0.2, 0) is 10.0 Å². The zero-order chi connectivity index (χ0) is 12.9. The van der Waals surface area contributed by atoms with Crippen LogP contribution in [0, 0.1) is 23.5 Å². The van der Waals surface area contributed by atoms with Gasteiger partial charge in [-0.1, -0.05) is 0 Å². The second-order valence-electron chi connectivity index (χ2n) is 4.71. The lowest BCUT2D eigenvalue weighted by molar-refractivity contribution is 0.538. The summed E-state index contributed by atoms with van der Waals surface area (Å²) in [6.07, 6.45) is 0. The van der Waals surface area contributed by atoms with Crippen molar-refractivity contribution in [2.75, 3.05) is 13.1 Å². The van der Waals surface area contributed by atoms with Gasteiger partial charge in [0, 0.05) is 6.04 Å². The Morgan fingerprint density at radius 3 is 2.47 bits per heavy atom. The Labute approximate surface area is 116 Å². The summed E-state index contributed by atoms with van der Waals surface area (Å²) in [5.74, 6) is -1.16. The van der Waals surface area contributed by atoms with Crippen LogP contribution in [0.2, 0.25) is 0 Å². The quantitative estimate of drug-likeness (QED) is 0.871. The van der Waals surface area contributed by atoms with Crippen molar-refractivity contribution in [2.45, 2.75) is 10.9 Å². The lowest BCUT2D eigenvalue weighted by atomic mass is 10.3. The van der Waals surface area contributed by atoms with Gasteiger partial charge in [0.15, 0.2) is 0 Å². The number of hydrogen-bond acceptors (Lipinski definition) is 3. The molecule has 1 saturated carbocycles. The molecule has 1 aromatic rings. The van der Waals surface area contributed by atoms with Gasteiger partial charge >= 0.3 is 0 Å². The fourth-order valence-corrected chi connectivity index (χ4v) is 3.95. The molecule has 0 spiro atoms. The molecule has 1 aliphatic carbocycles. The van der Waals surface area contributed by atoms with E-state index in [0.29, 0.717) is 6.07 Å². The highest BCUT2D eigenvalue weighted by Crippen LogP contribution is 2.42. The smallest absolute Gasteiger partial charge is 0.243 e. The van der Waals surface area contributed by atoms with Crippen LogP contribution in [0.15, 0.2) is 23.1 Å². The van der Waals surface area contributed by atoms with E-state index in [9.17, 15) is 17.2 Å². The normalized spacial score (nSPS) is 28.6. The van der Waals surface area contributed by atoms with Crippen LogP contribution in [0.5, 0.6) is 0 Å². The lowest BCUT2D eigenvalue weighted by Crippen LogP contribution is -2.33. The van der Waals surface area contributed by atoms with Crippen molar-refractivity contribution in [2.24, 2.45) is 11.8 Å². The molecule has 106 valence electrons. The average molecular weight is 311 g/mol. The number of fused-ring (bicyclic) bond motifs is 1. The van der Waals surface area contributed by atoms with Crippen LogP contribution in [0.1, 0.15) is 0 Å².